The summed E-state index contributed by atoms with van der Waals surface area (Å²) in [5.74, 6) is 1.40. The van der Waals surface area contributed by atoms with Crippen LogP contribution in [0.4, 0.5) is 5.82 Å². The molecule has 4 rings (SSSR count). The molecule has 2 N–H and O–H groups in total. The highest BCUT2D eigenvalue weighted by Gasteiger charge is 2.18. The third kappa shape index (κ3) is 5.67. The number of imidazole rings is 1. The number of nitrogens with one attached hydrogen (secondary N) is 2. The van der Waals surface area contributed by atoms with E-state index >= 15 is 0 Å². The fourth-order valence-electron chi connectivity index (χ4n) is 2.91. The molecule has 29 heavy (non-hydrogen) atoms. The molecule has 3 aromatic rings. The number of hydrogen-bond acceptors (Lipinski definition) is 4. The minimum Gasteiger partial charge on any atom is -0.372 e. The molecule has 6 heteroatoms. The monoisotopic (exact) mass is 392 g/mol. The normalized spacial score (nSPS) is 12.8. The summed E-state index contributed by atoms with van der Waals surface area (Å²) < 4.78 is 2.07. The Morgan fingerprint density at radius 1 is 1.21 bits per heavy atom. The van der Waals surface area contributed by atoms with Crippen molar-refractivity contribution in [3.8, 4) is 11.3 Å². The van der Waals surface area contributed by atoms with Crippen LogP contribution in [0.3, 0.4) is 0 Å². The number of aromatic nitrogens is 2. The lowest BCUT2D eigenvalue weighted by atomic mass is 10.1. The van der Waals surface area contributed by atoms with E-state index in [0.29, 0.717) is 18.9 Å². The van der Waals surface area contributed by atoms with Gasteiger partial charge in [-0.05, 0) is 42.5 Å². The van der Waals surface area contributed by atoms with Crippen LogP contribution >= 0.6 is 0 Å². The van der Waals surface area contributed by atoms with Gasteiger partial charge in [-0.25, -0.2) is 4.98 Å². The third-order valence-corrected chi connectivity index (χ3v) is 4.78. The standard InChI is InChI=1S/C19H22N4O.C4H6O/c1-3-5-19(24)21-12-14-8-10-15(11-9-14)16-6-4-7-18-22-17(20-2)13-23(16)18;5-3-4-1-2-4/h4,6-11,13,20H,3,5,12H2,1-2H3,(H,21,24);3-4H,1-2H2. The molecule has 1 aliphatic carbocycles. The SMILES string of the molecule is CCCC(=O)NCc1ccc(-c2cccc3nc(NC)cn23)cc1.O=CC1CC1. The van der Waals surface area contributed by atoms with Crippen molar-refractivity contribution >= 4 is 23.7 Å². The number of benzene rings is 1. The van der Waals surface area contributed by atoms with Gasteiger partial charge >= 0.3 is 0 Å². The maximum absolute atomic E-state index is 11.6. The van der Waals surface area contributed by atoms with Gasteiger partial charge < -0.3 is 15.4 Å². The highest BCUT2D eigenvalue weighted by atomic mass is 16.1. The van der Waals surface area contributed by atoms with E-state index in [1.807, 2.05) is 32.3 Å². The van der Waals surface area contributed by atoms with Gasteiger partial charge in [-0.15, -0.1) is 0 Å². The summed E-state index contributed by atoms with van der Waals surface area (Å²) in [6.45, 7) is 2.57. The van der Waals surface area contributed by atoms with Crippen LogP contribution in [0.5, 0.6) is 0 Å². The van der Waals surface area contributed by atoms with E-state index in [1.54, 1.807) is 0 Å². The first-order valence-electron chi connectivity index (χ1n) is 10.1. The average Bonchev–Trinajstić information content (AvgIpc) is 3.50. The quantitative estimate of drug-likeness (QED) is 0.595. The minimum absolute atomic E-state index is 0.101. The summed E-state index contributed by atoms with van der Waals surface area (Å²) in [7, 11) is 1.86. The highest BCUT2D eigenvalue weighted by Crippen LogP contribution is 2.25. The Balaban J connectivity index is 0.000000419. The summed E-state index contributed by atoms with van der Waals surface area (Å²) in [5, 5.41) is 6.01. The van der Waals surface area contributed by atoms with Gasteiger partial charge in [0.1, 0.15) is 17.8 Å². The minimum atomic E-state index is 0.101. The molecule has 1 saturated carbocycles. The average molecular weight is 393 g/mol. The number of rotatable bonds is 7. The van der Waals surface area contributed by atoms with Gasteiger partial charge in [0.05, 0.1) is 11.9 Å². The van der Waals surface area contributed by atoms with Crippen molar-refractivity contribution in [1.29, 1.82) is 0 Å². The Labute approximate surface area is 171 Å². The number of fused-ring (bicyclic) bond motifs is 1. The third-order valence-electron chi connectivity index (χ3n) is 4.78. The number of carbonyl (C=O) groups is 2. The first kappa shape index (κ1) is 20.6. The van der Waals surface area contributed by atoms with Gasteiger partial charge in [-0.3, -0.25) is 9.20 Å². The predicted molar refractivity (Wildman–Crippen MR) is 116 cm³/mol. The lowest BCUT2D eigenvalue weighted by Crippen LogP contribution is -2.21. The van der Waals surface area contributed by atoms with Gasteiger partial charge in [0, 0.05) is 25.9 Å². The van der Waals surface area contributed by atoms with Crippen LogP contribution in [0.1, 0.15) is 38.2 Å². The fraction of sp³-hybridized carbons (Fsp3) is 0.348. The molecule has 2 heterocycles. The lowest BCUT2D eigenvalue weighted by molar-refractivity contribution is -0.121. The number of anilines is 1. The Hall–Kier alpha value is -3.15. The van der Waals surface area contributed by atoms with Crippen molar-refractivity contribution in [1.82, 2.24) is 14.7 Å². The molecule has 152 valence electrons. The molecule has 0 radical (unpaired) electrons. The molecule has 2 aromatic heterocycles. The van der Waals surface area contributed by atoms with Crippen LogP contribution < -0.4 is 10.6 Å². The summed E-state index contributed by atoms with van der Waals surface area (Å²) >= 11 is 0. The van der Waals surface area contributed by atoms with E-state index in [-0.39, 0.29) is 5.91 Å². The second-order valence-electron chi connectivity index (χ2n) is 7.21. The number of carbonyl (C=O) groups excluding carboxylic acids is 2. The molecule has 0 bridgehead atoms. The Morgan fingerprint density at radius 2 is 1.97 bits per heavy atom. The van der Waals surface area contributed by atoms with Crippen LogP contribution in [0.15, 0.2) is 48.7 Å². The van der Waals surface area contributed by atoms with Crippen molar-refractivity contribution in [3.05, 3.63) is 54.2 Å². The van der Waals surface area contributed by atoms with E-state index in [0.717, 1.165) is 53.8 Å². The van der Waals surface area contributed by atoms with Crippen molar-refractivity contribution in [2.45, 2.75) is 39.2 Å². The van der Waals surface area contributed by atoms with Crippen LogP contribution in [0.25, 0.3) is 16.9 Å². The summed E-state index contributed by atoms with van der Waals surface area (Å²) in [6, 6.07) is 14.3. The maximum Gasteiger partial charge on any atom is 0.220 e. The molecule has 1 aliphatic rings. The molecule has 0 atom stereocenters. The second kappa shape index (κ2) is 9.87. The van der Waals surface area contributed by atoms with E-state index < -0.39 is 0 Å². The van der Waals surface area contributed by atoms with Gasteiger partial charge in [-0.1, -0.05) is 37.3 Å². The van der Waals surface area contributed by atoms with Crippen molar-refractivity contribution in [2.75, 3.05) is 12.4 Å². The molecule has 0 spiro atoms. The molecule has 0 saturated heterocycles. The molecule has 1 aromatic carbocycles. The molecular formula is C23H28N4O2. The van der Waals surface area contributed by atoms with Crippen LogP contribution in [0, 0.1) is 5.92 Å². The Bertz CT molecular complexity index is 959. The summed E-state index contributed by atoms with van der Waals surface area (Å²) in [6.07, 6.45) is 6.75. The fourth-order valence-corrected chi connectivity index (χ4v) is 2.91. The molecule has 1 amide bonds. The topological polar surface area (TPSA) is 75.5 Å². The lowest BCUT2D eigenvalue weighted by Gasteiger charge is -2.08. The van der Waals surface area contributed by atoms with E-state index in [9.17, 15) is 9.59 Å². The molecule has 1 fully saturated rings. The van der Waals surface area contributed by atoms with Gasteiger partial charge in [0.15, 0.2) is 0 Å². The first-order chi connectivity index (χ1) is 14.1. The number of amides is 1. The van der Waals surface area contributed by atoms with E-state index in [2.05, 4.69) is 50.4 Å². The molecule has 0 aliphatic heterocycles. The van der Waals surface area contributed by atoms with Gasteiger partial charge in [-0.2, -0.15) is 0 Å². The summed E-state index contributed by atoms with van der Waals surface area (Å²) in [4.78, 5) is 25.6. The second-order valence-corrected chi connectivity index (χ2v) is 7.21. The van der Waals surface area contributed by atoms with Crippen LogP contribution in [-0.2, 0) is 16.1 Å². The maximum atomic E-state index is 11.6. The van der Waals surface area contributed by atoms with Crippen LogP contribution in [-0.4, -0.2) is 28.6 Å². The predicted octanol–water partition coefficient (Wildman–Crippen LogP) is 4.05. The zero-order valence-electron chi connectivity index (χ0n) is 17.0. The number of pyridine rings is 1. The number of aldehydes is 1. The summed E-state index contributed by atoms with van der Waals surface area (Å²) in [5.41, 5.74) is 4.21. The van der Waals surface area contributed by atoms with Gasteiger partial charge in [0.2, 0.25) is 5.91 Å². The largest absolute Gasteiger partial charge is 0.372 e. The zero-order chi connectivity index (χ0) is 20.6. The van der Waals surface area contributed by atoms with E-state index in [1.165, 1.54) is 0 Å². The van der Waals surface area contributed by atoms with Crippen LogP contribution in [0.2, 0.25) is 0 Å². The number of nitrogens with zero attached hydrogens (tertiary/aromatic N) is 2. The van der Waals surface area contributed by atoms with E-state index in [4.69, 9.17) is 0 Å². The van der Waals surface area contributed by atoms with Crippen molar-refractivity contribution in [3.63, 3.8) is 0 Å². The molecular weight excluding hydrogens is 364 g/mol. The smallest absolute Gasteiger partial charge is 0.220 e. The Kier molecular flexibility index (Phi) is 7.00. The number of hydrogen-bond donors (Lipinski definition) is 2. The van der Waals surface area contributed by atoms with Crippen molar-refractivity contribution in [2.24, 2.45) is 5.92 Å². The van der Waals surface area contributed by atoms with Gasteiger partial charge in [0.25, 0.3) is 0 Å². The van der Waals surface area contributed by atoms with Crippen molar-refractivity contribution < 1.29 is 9.59 Å². The molecule has 6 nitrogen and oxygen atoms in total. The highest BCUT2D eigenvalue weighted by molar-refractivity contribution is 5.75. The Morgan fingerprint density at radius 3 is 2.55 bits per heavy atom. The zero-order valence-corrected chi connectivity index (χ0v) is 17.0. The first-order valence-corrected chi connectivity index (χ1v) is 10.1. The molecule has 0 unspecified atom stereocenters.